The van der Waals surface area contributed by atoms with Crippen molar-refractivity contribution in [1.29, 1.82) is 0 Å². The lowest BCUT2D eigenvalue weighted by molar-refractivity contribution is 0.325. The van der Waals surface area contributed by atoms with Gasteiger partial charge < -0.3 is 10.2 Å². The molecule has 1 aliphatic heterocycles. The number of likely N-dealkylation sites (N-methyl/N-ethyl adjacent to an activating group) is 1. The van der Waals surface area contributed by atoms with E-state index >= 15 is 0 Å². The van der Waals surface area contributed by atoms with Gasteiger partial charge in [-0.15, -0.1) is 0 Å². The Morgan fingerprint density at radius 1 is 1.00 bits per heavy atom. The highest BCUT2D eigenvalue weighted by atomic mass is 15.2. The van der Waals surface area contributed by atoms with Gasteiger partial charge in [-0.1, -0.05) is 18.2 Å². The molecule has 1 atom stereocenters. The van der Waals surface area contributed by atoms with Gasteiger partial charge in [-0.25, -0.2) is 4.98 Å². The van der Waals surface area contributed by atoms with Gasteiger partial charge in [-0.2, -0.15) is 9.97 Å². The molecule has 1 N–H and O–H groups in total. The van der Waals surface area contributed by atoms with E-state index in [2.05, 4.69) is 55.5 Å². The van der Waals surface area contributed by atoms with Crippen molar-refractivity contribution in [2.24, 2.45) is 0 Å². The molecule has 2 fully saturated rings. The topological polar surface area (TPSA) is 53.9 Å². The third kappa shape index (κ3) is 3.02. The molecule has 2 heterocycles. The summed E-state index contributed by atoms with van der Waals surface area (Å²) in [7, 11) is 4.20. The van der Waals surface area contributed by atoms with Gasteiger partial charge in [0.2, 0.25) is 5.95 Å². The first-order valence-corrected chi connectivity index (χ1v) is 10.3. The van der Waals surface area contributed by atoms with Crippen LogP contribution in [-0.2, 0) is 10.8 Å². The van der Waals surface area contributed by atoms with Crippen LogP contribution < -0.4 is 5.32 Å². The Kier molecular flexibility index (Phi) is 3.80. The van der Waals surface area contributed by atoms with Crippen LogP contribution in [-0.4, -0.2) is 46.5 Å². The number of hydrogen-bond donors (Lipinski definition) is 1. The minimum Gasteiger partial charge on any atom is -0.353 e. The Hall–Kier alpha value is -2.01. The van der Waals surface area contributed by atoms with Crippen molar-refractivity contribution in [2.45, 2.75) is 62.3 Å². The summed E-state index contributed by atoms with van der Waals surface area (Å²) >= 11 is 0. The maximum absolute atomic E-state index is 4.94. The largest absolute Gasteiger partial charge is 0.353 e. The van der Waals surface area contributed by atoms with Crippen LogP contribution in [0.4, 0.5) is 5.95 Å². The molecule has 4 bridgehead atoms. The Morgan fingerprint density at radius 3 is 2.41 bits per heavy atom. The molecule has 1 aromatic carbocycles. The molecule has 27 heavy (non-hydrogen) atoms. The number of nitrogens with zero attached hydrogens (tertiary/aromatic N) is 4. The van der Waals surface area contributed by atoms with E-state index in [-0.39, 0.29) is 5.41 Å². The number of anilines is 1. The van der Waals surface area contributed by atoms with Gasteiger partial charge in [0.1, 0.15) is 5.82 Å². The summed E-state index contributed by atoms with van der Waals surface area (Å²) in [5.41, 5.74) is 3.21. The summed E-state index contributed by atoms with van der Waals surface area (Å²) in [6.45, 7) is 3.03. The number of nitrogens with one attached hydrogen (secondary N) is 1. The van der Waals surface area contributed by atoms with Crippen LogP contribution in [0.25, 0.3) is 11.4 Å². The molecule has 1 aromatic heterocycles. The predicted molar refractivity (Wildman–Crippen MR) is 108 cm³/mol. The average molecular weight is 364 g/mol. The Labute approximate surface area is 161 Å². The molecular weight excluding hydrogens is 334 g/mol. The second kappa shape index (κ2) is 5.99. The van der Waals surface area contributed by atoms with Gasteiger partial charge in [0.05, 0.1) is 0 Å². The molecule has 2 spiro atoms. The van der Waals surface area contributed by atoms with E-state index in [0.717, 1.165) is 29.7 Å². The van der Waals surface area contributed by atoms with E-state index in [1.165, 1.54) is 44.1 Å². The first-order chi connectivity index (χ1) is 13.0. The van der Waals surface area contributed by atoms with E-state index in [1.807, 2.05) is 0 Å². The van der Waals surface area contributed by atoms with Gasteiger partial charge in [0, 0.05) is 23.6 Å². The predicted octanol–water partition coefficient (Wildman–Crippen LogP) is 3.76. The molecule has 3 aliphatic rings. The molecule has 2 aliphatic carbocycles. The lowest BCUT2D eigenvalue weighted by Crippen LogP contribution is -2.32. The number of aromatic nitrogens is 3. The van der Waals surface area contributed by atoms with Gasteiger partial charge in [-0.05, 0) is 76.6 Å². The minimum absolute atomic E-state index is 0.188. The fraction of sp³-hybridized carbons (Fsp3) is 0.591. The third-order valence-corrected chi connectivity index (χ3v) is 7.07. The molecule has 5 heteroatoms. The molecule has 0 amide bonds. The summed E-state index contributed by atoms with van der Waals surface area (Å²) in [6, 6.07) is 9.36. The van der Waals surface area contributed by atoms with Crippen LogP contribution in [0, 0.1) is 0 Å². The molecule has 142 valence electrons. The van der Waals surface area contributed by atoms with Crippen molar-refractivity contribution in [3.05, 3.63) is 35.7 Å². The lowest BCUT2D eigenvalue weighted by Gasteiger charge is -2.24. The molecule has 1 unspecified atom stereocenters. The fourth-order valence-corrected chi connectivity index (χ4v) is 4.28. The maximum atomic E-state index is 4.94. The van der Waals surface area contributed by atoms with E-state index < -0.39 is 0 Å². The summed E-state index contributed by atoms with van der Waals surface area (Å²) in [5, 5.41) is 3.46. The zero-order valence-electron chi connectivity index (χ0n) is 16.6. The zero-order chi connectivity index (χ0) is 18.6. The van der Waals surface area contributed by atoms with Crippen molar-refractivity contribution >= 4 is 5.95 Å². The summed E-state index contributed by atoms with van der Waals surface area (Å²) < 4.78 is 0. The molecule has 0 saturated heterocycles. The van der Waals surface area contributed by atoms with Crippen LogP contribution in [0.1, 0.15) is 56.8 Å². The van der Waals surface area contributed by atoms with Gasteiger partial charge in [0.15, 0.2) is 5.82 Å². The average Bonchev–Trinajstić information content (AvgIpc) is 3.59. The second-order valence-corrected chi connectivity index (χ2v) is 9.14. The monoisotopic (exact) mass is 363 g/mol. The maximum Gasteiger partial charge on any atom is 0.226 e. The number of benzene rings is 1. The van der Waals surface area contributed by atoms with E-state index in [9.17, 15) is 0 Å². The molecule has 5 nitrogen and oxygen atoms in total. The molecule has 2 aromatic rings. The minimum atomic E-state index is 0.188. The second-order valence-electron chi connectivity index (χ2n) is 9.14. The van der Waals surface area contributed by atoms with E-state index in [4.69, 9.17) is 15.0 Å². The highest BCUT2D eigenvalue weighted by molar-refractivity contribution is 5.59. The molecule has 2 saturated carbocycles. The van der Waals surface area contributed by atoms with Crippen molar-refractivity contribution in [1.82, 2.24) is 19.9 Å². The molecule has 5 rings (SSSR count). The third-order valence-electron chi connectivity index (χ3n) is 7.07. The number of hydrogen-bond acceptors (Lipinski definition) is 5. The SMILES string of the molecule is CC(CNc1nc2nc(n1)C1(CCC3(CC3)c3cccc-2c3)CC1)N(C)C. The van der Waals surface area contributed by atoms with Crippen LogP contribution >= 0.6 is 0 Å². The normalized spacial score (nSPS) is 21.9. The Balaban J connectivity index is 1.55. The van der Waals surface area contributed by atoms with Crippen molar-refractivity contribution in [3.8, 4) is 11.4 Å². The van der Waals surface area contributed by atoms with Crippen LogP contribution in [0.3, 0.4) is 0 Å². The van der Waals surface area contributed by atoms with Gasteiger partial charge in [-0.3, -0.25) is 0 Å². The van der Waals surface area contributed by atoms with Crippen molar-refractivity contribution < 1.29 is 0 Å². The van der Waals surface area contributed by atoms with Crippen LogP contribution in [0.15, 0.2) is 24.3 Å². The van der Waals surface area contributed by atoms with Crippen molar-refractivity contribution in [3.63, 3.8) is 0 Å². The molecule has 0 radical (unpaired) electrons. The van der Waals surface area contributed by atoms with Gasteiger partial charge in [0.25, 0.3) is 0 Å². The quantitative estimate of drug-likeness (QED) is 0.896. The number of fused-ring (bicyclic) bond motifs is 7. The van der Waals surface area contributed by atoms with Crippen molar-refractivity contribution in [2.75, 3.05) is 26.0 Å². The Morgan fingerprint density at radius 2 is 1.70 bits per heavy atom. The molecular formula is C22H29N5. The van der Waals surface area contributed by atoms with E-state index in [1.54, 1.807) is 0 Å². The van der Waals surface area contributed by atoms with Crippen LogP contribution in [0.5, 0.6) is 0 Å². The summed E-state index contributed by atoms with van der Waals surface area (Å²) in [6.07, 6.45) is 7.54. The summed E-state index contributed by atoms with van der Waals surface area (Å²) in [5.74, 6) is 2.56. The first-order valence-electron chi connectivity index (χ1n) is 10.3. The zero-order valence-corrected chi connectivity index (χ0v) is 16.6. The number of rotatable bonds is 4. The standard InChI is InChI=1S/C22H29N5/c1-15(27(2)3)14-23-20-25-18-16-5-4-6-17(13-16)21(7-8-21)9-10-22(11-12-22)19(24-18)26-20/h4-6,13,15H,7-12,14H2,1-3H3,(H,23,24,25,26). The van der Waals surface area contributed by atoms with E-state index in [0.29, 0.717) is 11.5 Å². The van der Waals surface area contributed by atoms with Gasteiger partial charge >= 0.3 is 0 Å². The van der Waals surface area contributed by atoms with Crippen LogP contribution in [0.2, 0.25) is 0 Å². The highest BCUT2D eigenvalue weighted by Gasteiger charge is 2.52. The smallest absolute Gasteiger partial charge is 0.226 e. The fourth-order valence-electron chi connectivity index (χ4n) is 4.28. The summed E-state index contributed by atoms with van der Waals surface area (Å²) in [4.78, 5) is 16.8. The first kappa shape index (κ1) is 17.1. The Bertz CT molecular complexity index is 867. The highest BCUT2D eigenvalue weighted by Crippen LogP contribution is 2.58. The lowest BCUT2D eigenvalue weighted by atomic mass is 9.84.